The molecule has 2 rings (SSSR count). The first kappa shape index (κ1) is 16.6. The zero-order valence-electron chi connectivity index (χ0n) is 12.2. The Morgan fingerprint density at radius 1 is 1.17 bits per heavy atom. The highest BCUT2D eigenvalue weighted by atomic mass is 35.5. The molecule has 0 aliphatic heterocycles. The molecular formula is C17H14ClNO4. The summed E-state index contributed by atoms with van der Waals surface area (Å²) in [5, 5.41) is 11.6. The van der Waals surface area contributed by atoms with Crippen LogP contribution in [0.3, 0.4) is 0 Å². The first-order valence-electron chi connectivity index (χ1n) is 6.65. The number of carboxylic acid groups (broad SMARTS) is 1. The van der Waals surface area contributed by atoms with Crippen molar-refractivity contribution in [2.45, 2.75) is 0 Å². The van der Waals surface area contributed by atoms with Crippen LogP contribution in [0.4, 0.5) is 5.69 Å². The molecular weight excluding hydrogens is 318 g/mol. The highest BCUT2D eigenvalue weighted by Crippen LogP contribution is 2.21. The second-order valence-electron chi connectivity index (χ2n) is 4.60. The summed E-state index contributed by atoms with van der Waals surface area (Å²) in [5.74, 6) is -0.730. The topological polar surface area (TPSA) is 75.6 Å². The molecule has 2 aromatic carbocycles. The lowest BCUT2D eigenvalue weighted by atomic mass is 10.2. The van der Waals surface area contributed by atoms with E-state index in [-0.39, 0.29) is 16.5 Å². The van der Waals surface area contributed by atoms with E-state index in [1.165, 1.54) is 24.3 Å². The van der Waals surface area contributed by atoms with Gasteiger partial charge in [0.05, 0.1) is 17.7 Å². The molecule has 0 radical (unpaired) electrons. The lowest BCUT2D eigenvalue weighted by molar-refractivity contribution is -0.111. The molecule has 2 aromatic rings. The molecule has 1 amide bonds. The van der Waals surface area contributed by atoms with E-state index in [1.54, 1.807) is 25.3 Å². The number of rotatable bonds is 5. The van der Waals surface area contributed by atoms with Crippen molar-refractivity contribution in [1.29, 1.82) is 0 Å². The number of anilines is 1. The summed E-state index contributed by atoms with van der Waals surface area (Å²) in [6.07, 6.45) is 3.03. The van der Waals surface area contributed by atoms with E-state index in [0.29, 0.717) is 5.69 Å². The molecule has 23 heavy (non-hydrogen) atoms. The molecule has 0 saturated carbocycles. The molecule has 0 fully saturated rings. The molecule has 0 unspecified atom stereocenters. The van der Waals surface area contributed by atoms with E-state index in [4.69, 9.17) is 21.4 Å². The van der Waals surface area contributed by atoms with Crippen molar-refractivity contribution in [3.05, 3.63) is 64.7 Å². The molecule has 5 nitrogen and oxygen atoms in total. The van der Waals surface area contributed by atoms with Crippen LogP contribution in [0, 0.1) is 0 Å². The van der Waals surface area contributed by atoms with Crippen molar-refractivity contribution < 1.29 is 19.4 Å². The van der Waals surface area contributed by atoms with Gasteiger partial charge in [-0.3, -0.25) is 4.79 Å². The van der Waals surface area contributed by atoms with E-state index in [2.05, 4.69) is 5.32 Å². The fourth-order valence-electron chi connectivity index (χ4n) is 1.84. The van der Waals surface area contributed by atoms with E-state index < -0.39 is 5.97 Å². The average Bonchev–Trinajstić information content (AvgIpc) is 2.53. The number of carbonyl (C=O) groups is 2. The predicted octanol–water partition coefficient (Wildman–Crippen LogP) is 3.70. The maximum absolute atomic E-state index is 11.9. The molecule has 2 N–H and O–H groups in total. The number of hydrogen-bond acceptors (Lipinski definition) is 3. The number of benzene rings is 2. The third-order valence-corrected chi connectivity index (χ3v) is 3.32. The van der Waals surface area contributed by atoms with Crippen molar-refractivity contribution in [2.75, 3.05) is 12.4 Å². The molecule has 0 heterocycles. The van der Waals surface area contributed by atoms with Crippen LogP contribution in [0.25, 0.3) is 6.08 Å². The van der Waals surface area contributed by atoms with Crippen molar-refractivity contribution in [1.82, 2.24) is 0 Å². The van der Waals surface area contributed by atoms with Gasteiger partial charge in [0.2, 0.25) is 5.91 Å². The Morgan fingerprint density at radius 2 is 1.87 bits per heavy atom. The molecule has 0 aromatic heterocycles. The first-order valence-corrected chi connectivity index (χ1v) is 7.03. The first-order chi connectivity index (χ1) is 11.0. The van der Waals surface area contributed by atoms with Crippen LogP contribution in [0.15, 0.2) is 48.5 Å². The zero-order valence-corrected chi connectivity index (χ0v) is 13.0. The molecule has 0 spiro atoms. The summed E-state index contributed by atoms with van der Waals surface area (Å²) in [6.45, 7) is 0. The maximum atomic E-state index is 11.9. The fourth-order valence-corrected chi connectivity index (χ4v) is 2.10. The number of carboxylic acids is 1. The van der Waals surface area contributed by atoms with E-state index in [1.807, 2.05) is 12.1 Å². The Morgan fingerprint density at radius 3 is 2.43 bits per heavy atom. The molecule has 0 bridgehead atoms. The summed E-state index contributed by atoms with van der Waals surface area (Å²) in [7, 11) is 1.58. The Labute approximate surface area is 138 Å². The summed E-state index contributed by atoms with van der Waals surface area (Å²) in [4.78, 5) is 22.7. The molecule has 118 valence electrons. The normalized spacial score (nSPS) is 10.5. The van der Waals surface area contributed by atoms with Crippen LogP contribution in [0.5, 0.6) is 5.75 Å². The Hall–Kier alpha value is -2.79. The Bertz CT molecular complexity index is 754. The minimum atomic E-state index is -1.12. The fraction of sp³-hybridized carbons (Fsp3) is 0.0588. The van der Waals surface area contributed by atoms with Gasteiger partial charge < -0.3 is 15.2 Å². The van der Waals surface area contributed by atoms with Crippen LogP contribution < -0.4 is 10.1 Å². The SMILES string of the molecule is COc1ccc(/C=C/C(=O)Nc2ccc(C(=O)O)c(Cl)c2)cc1. The van der Waals surface area contributed by atoms with Crippen molar-refractivity contribution in [3.63, 3.8) is 0 Å². The smallest absolute Gasteiger partial charge is 0.337 e. The van der Waals surface area contributed by atoms with Gasteiger partial charge in [-0.1, -0.05) is 23.7 Å². The molecule has 0 saturated heterocycles. The molecule has 0 aliphatic carbocycles. The van der Waals surface area contributed by atoms with Gasteiger partial charge in [0, 0.05) is 11.8 Å². The second kappa shape index (κ2) is 7.47. The minimum Gasteiger partial charge on any atom is -0.497 e. The van der Waals surface area contributed by atoms with Gasteiger partial charge in [-0.05, 0) is 42.0 Å². The van der Waals surface area contributed by atoms with Gasteiger partial charge in [0.25, 0.3) is 0 Å². The van der Waals surface area contributed by atoms with Gasteiger partial charge in [0.15, 0.2) is 0 Å². The van der Waals surface area contributed by atoms with Gasteiger partial charge >= 0.3 is 5.97 Å². The minimum absolute atomic E-state index is 0.0153. The van der Waals surface area contributed by atoms with E-state index >= 15 is 0 Å². The van der Waals surface area contributed by atoms with Crippen LogP contribution in [0.1, 0.15) is 15.9 Å². The van der Waals surface area contributed by atoms with Crippen molar-refractivity contribution >= 4 is 35.2 Å². The summed E-state index contributed by atoms with van der Waals surface area (Å²) in [6, 6.07) is 11.4. The number of carbonyl (C=O) groups excluding carboxylic acids is 1. The summed E-state index contributed by atoms with van der Waals surface area (Å²) in [5.41, 5.74) is 1.25. The highest BCUT2D eigenvalue weighted by molar-refractivity contribution is 6.33. The molecule has 0 aliphatic rings. The van der Waals surface area contributed by atoms with Gasteiger partial charge in [0.1, 0.15) is 5.75 Å². The number of aromatic carboxylic acids is 1. The number of nitrogens with one attached hydrogen (secondary N) is 1. The third kappa shape index (κ3) is 4.59. The monoisotopic (exact) mass is 331 g/mol. The van der Waals surface area contributed by atoms with Crippen LogP contribution in [-0.2, 0) is 4.79 Å². The van der Waals surface area contributed by atoms with Gasteiger partial charge in [-0.25, -0.2) is 4.79 Å². The van der Waals surface area contributed by atoms with E-state index in [0.717, 1.165) is 11.3 Å². The predicted molar refractivity (Wildman–Crippen MR) is 89.1 cm³/mol. The summed E-state index contributed by atoms with van der Waals surface area (Å²) >= 11 is 5.85. The number of halogens is 1. The third-order valence-electron chi connectivity index (χ3n) is 3.01. The van der Waals surface area contributed by atoms with E-state index in [9.17, 15) is 9.59 Å². The number of hydrogen-bond donors (Lipinski definition) is 2. The van der Waals surface area contributed by atoms with Crippen LogP contribution in [-0.4, -0.2) is 24.1 Å². The molecule has 6 heteroatoms. The maximum Gasteiger partial charge on any atom is 0.337 e. The van der Waals surface area contributed by atoms with Crippen LogP contribution >= 0.6 is 11.6 Å². The Kier molecular flexibility index (Phi) is 5.38. The number of ether oxygens (including phenoxy) is 1. The quantitative estimate of drug-likeness (QED) is 0.819. The summed E-state index contributed by atoms with van der Waals surface area (Å²) < 4.78 is 5.05. The highest BCUT2D eigenvalue weighted by Gasteiger charge is 2.09. The second-order valence-corrected chi connectivity index (χ2v) is 5.00. The zero-order chi connectivity index (χ0) is 16.8. The van der Waals surface area contributed by atoms with Crippen molar-refractivity contribution in [2.24, 2.45) is 0 Å². The number of methoxy groups -OCH3 is 1. The molecule has 0 atom stereocenters. The standard InChI is InChI=1S/C17H14ClNO4/c1-23-13-6-2-11(3-7-13)4-9-16(20)19-12-5-8-14(17(21)22)15(18)10-12/h2-10H,1H3,(H,19,20)(H,21,22)/b9-4+. The largest absolute Gasteiger partial charge is 0.497 e. The average molecular weight is 332 g/mol. The van der Waals surface area contributed by atoms with Gasteiger partial charge in [-0.15, -0.1) is 0 Å². The Balaban J connectivity index is 2.02. The number of amides is 1. The van der Waals surface area contributed by atoms with Crippen molar-refractivity contribution in [3.8, 4) is 5.75 Å². The lowest BCUT2D eigenvalue weighted by Crippen LogP contribution is -2.08. The van der Waals surface area contributed by atoms with Crippen LogP contribution in [0.2, 0.25) is 5.02 Å². The van der Waals surface area contributed by atoms with Gasteiger partial charge in [-0.2, -0.15) is 0 Å². The lowest BCUT2D eigenvalue weighted by Gasteiger charge is -2.05.